The van der Waals surface area contributed by atoms with E-state index in [1.807, 2.05) is 18.2 Å². The molecule has 0 atom stereocenters. The molecule has 1 heterocycles. The Morgan fingerprint density at radius 2 is 2.07 bits per heavy atom. The van der Waals surface area contributed by atoms with Crippen molar-refractivity contribution in [1.82, 2.24) is 4.72 Å². The lowest BCUT2D eigenvalue weighted by Crippen LogP contribution is -2.37. The Kier molecular flexibility index (Phi) is 1.39. The van der Waals surface area contributed by atoms with Gasteiger partial charge in [0.25, 0.3) is 5.78 Å². The summed E-state index contributed by atoms with van der Waals surface area (Å²) in [6.07, 6.45) is 1.38. The molecule has 4 heteroatoms. The second-order valence-corrected chi connectivity index (χ2v) is 3.89. The zero-order valence-corrected chi connectivity index (χ0v) is 7.80. The molecular formula is C10H4NO2S. The summed E-state index contributed by atoms with van der Waals surface area (Å²) in [4.78, 5) is 23.6. The van der Waals surface area contributed by atoms with Gasteiger partial charge in [-0.25, -0.2) is 4.72 Å². The van der Waals surface area contributed by atoms with E-state index < -0.39 is 11.6 Å². The third-order valence-electron chi connectivity index (χ3n) is 2.26. The molecule has 0 aromatic heterocycles. The molecule has 0 amide bonds. The molecule has 67 valence electrons. The van der Waals surface area contributed by atoms with Gasteiger partial charge in [0.1, 0.15) is 5.70 Å². The molecule has 1 radical (unpaired) electrons. The first kappa shape index (κ1) is 7.82. The van der Waals surface area contributed by atoms with Crippen molar-refractivity contribution >= 4 is 35.3 Å². The van der Waals surface area contributed by atoms with Crippen LogP contribution in [0.15, 0.2) is 23.1 Å². The van der Waals surface area contributed by atoms with Crippen LogP contribution in [-0.2, 0) is 9.59 Å². The van der Waals surface area contributed by atoms with Crippen LogP contribution >= 0.6 is 11.9 Å². The minimum Gasteiger partial charge on any atom is -0.285 e. The second-order valence-electron chi connectivity index (χ2n) is 3.09. The summed E-state index contributed by atoms with van der Waals surface area (Å²) in [5.41, 5.74) is 0.313. The van der Waals surface area contributed by atoms with Crippen LogP contribution in [0.5, 0.6) is 0 Å². The van der Waals surface area contributed by atoms with Gasteiger partial charge in [-0.3, -0.25) is 9.59 Å². The summed E-state index contributed by atoms with van der Waals surface area (Å²) < 4.78 is 4.01. The van der Waals surface area contributed by atoms with Gasteiger partial charge in [-0.2, -0.15) is 0 Å². The quantitative estimate of drug-likeness (QED) is 0.415. The van der Waals surface area contributed by atoms with Crippen molar-refractivity contribution in [3.63, 3.8) is 0 Å². The molecule has 0 unspecified atom stereocenters. The van der Waals surface area contributed by atoms with Crippen LogP contribution in [0, 0.1) is 0 Å². The van der Waals surface area contributed by atoms with Crippen molar-refractivity contribution in [1.29, 1.82) is 0 Å². The highest BCUT2D eigenvalue weighted by atomic mass is 32.2. The molecule has 1 aliphatic carbocycles. The number of hydrogen-bond donors (Lipinski definition) is 0. The summed E-state index contributed by atoms with van der Waals surface area (Å²) in [5, 5.41) is 1.62. The average Bonchev–Trinajstić information content (AvgIpc) is 2.60. The van der Waals surface area contributed by atoms with Gasteiger partial charge in [0, 0.05) is 22.1 Å². The minimum atomic E-state index is -0.491. The molecule has 0 saturated carbocycles. The summed E-state index contributed by atoms with van der Waals surface area (Å²) >= 11 is 1.26. The van der Waals surface area contributed by atoms with Gasteiger partial charge < -0.3 is 0 Å². The zero-order chi connectivity index (χ0) is 9.71. The molecule has 1 aliphatic heterocycles. The fourth-order valence-electron chi connectivity index (χ4n) is 1.62. The molecule has 0 N–H and O–H groups in total. The summed E-state index contributed by atoms with van der Waals surface area (Å²) in [5.74, 6) is -0.967. The number of carbonyl (C=O) groups is 2. The van der Waals surface area contributed by atoms with Crippen LogP contribution in [0.1, 0.15) is 0 Å². The maximum atomic E-state index is 11.4. The van der Waals surface area contributed by atoms with Crippen molar-refractivity contribution in [2.75, 3.05) is 0 Å². The van der Waals surface area contributed by atoms with Crippen molar-refractivity contribution in [3.8, 4) is 0 Å². The molecule has 3 nitrogen and oxygen atoms in total. The number of ketones is 2. The summed E-state index contributed by atoms with van der Waals surface area (Å²) in [6.45, 7) is 0. The van der Waals surface area contributed by atoms with Crippen molar-refractivity contribution in [2.24, 2.45) is 0 Å². The lowest BCUT2D eigenvalue weighted by Gasteiger charge is -2.00. The Labute approximate surface area is 83.6 Å². The van der Waals surface area contributed by atoms with Crippen LogP contribution in [0.3, 0.4) is 0 Å². The van der Waals surface area contributed by atoms with Crippen LogP contribution in [0.4, 0.5) is 0 Å². The van der Waals surface area contributed by atoms with E-state index in [1.54, 1.807) is 0 Å². The molecule has 0 saturated heterocycles. The van der Waals surface area contributed by atoms with E-state index in [2.05, 4.69) is 4.72 Å². The van der Waals surface area contributed by atoms with E-state index in [0.717, 1.165) is 15.3 Å². The van der Waals surface area contributed by atoms with E-state index in [9.17, 15) is 9.59 Å². The Balaban J connectivity index is 2.57. The Morgan fingerprint density at radius 3 is 2.93 bits per heavy atom. The minimum absolute atomic E-state index is 0.313. The molecule has 14 heavy (non-hydrogen) atoms. The van der Waals surface area contributed by atoms with E-state index in [1.165, 1.54) is 18.0 Å². The number of benzene rings is 1. The van der Waals surface area contributed by atoms with Gasteiger partial charge in [0.05, 0.1) is 0 Å². The fraction of sp³-hybridized carbons (Fsp3) is 0. The molecule has 1 aromatic carbocycles. The largest absolute Gasteiger partial charge is 0.285 e. The molecule has 0 bridgehead atoms. The van der Waals surface area contributed by atoms with Crippen LogP contribution in [0.25, 0.3) is 11.8 Å². The normalized spacial score (nSPS) is 17.6. The molecule has 3 rings (SSSR count). The first-order chi connectivity index (χ1) is 6.77. The zero-order valence-electron chi connectivity index (χ0n) is 6.98. The van der Waals surface area contributed by atoms with Gasteiger partial charge in [-0.05, 0) is 17.4 Å². The predicted octanol–water partition coefficient (Wildman–Crippen LogP) is -0.648. The van der Waals surface area contributed by atoms with Gasteiger partial charge in [-0.15, -0.1) is 0 Å². The topological polar surface area (TPSA) is 48.2 Å². The molecule has 1 aromatic rings. The third kappa shape index (κ3) is 0.834. The highest BCUT2D eigenvalue weighted by Gasteiger charge is 2.28. The summed E-state index contributed by atoms with van der Waals surface area (Å²) in [7, 11) is 0. The fourth-order valence-corrected chi connectivity index (χ4v) is 2.43. The van der Waals surface area contributed by atoms with E-state index in [0.29, 0.717) is 5.70 Å². The highest BCUT2D eigenvalue weighted by Crippen LogP contribution is 2.20. The third-order valence-corrected chi connectivity index (χ3v) is 3.07. The van der Waals surface area contributed by atoms with E-state index in [-0.39, 0.29) is 0 Å². The van der Waals surface area contributed by atoms with Crippen LogP contribution < -0.4 is 15.2 Å². The van der Waals surface area contributed by atoms with Gasteiger partial charge in [0.2, 0.25) is 5.78 Å². The standard InChI is InChI=1S/C10H4NO2S/c12-6-4-5-2-1-3-7-8(5)9(10(6)13)11-14-7/h1-4H. The molecular weight excluding hydrogens is 198 g/mol. The number of Topliss-reactive ketones (excluding diaryl/α,β-unsaturated/α-hetero) is 2. The average molecular weight is 202 g/mol. The van der Waals surface area contributed by atoms with E-state index in [4.69, 9.17) is 0 Å². The lowest BCUT2D eigenvalue weighted by atomic mass is 10.0. The Morgan fingerprint density at radius 1 is 1.21 bits per heavy atom. The first-order valence-corrected chi connectivity index (χ1v) is 4.86. The van der Waals surface area contributed by atoms with Crippen LogP contribution in [0.2, 0.25) is 0 Å². The Bertz CT molecular complexity index is 589. The van der Waals surface area contributed by atoms with Crippen molar-refractivity contribution < 1.29 is 9.59 Å². The van der Waals surface area contributed by atoms with E-state index >= 15 is 0 Å². The van der Waals surface area contributed by atoms with Gasteiger partial charge in [0.15, 0.2) is 0 Å². The van der Waals surface area contributed by atoms with Gasteiger partial charge in [-0.1, -0.05) is 12.1 Å². The Hall–Kier alpha value is -1.55. The summed E-state index contributed by atoms with van der Waals surface area (Å²) in [6, 6.07) is 5.58. The van der Waals surface area contributed by atoms with Crippen molar-refractivity contribution in [2.45, 2.75) is 4.90 Å². The maximum absolute atomic E-state index is 11.4. The SMILES string of the molecule is O=C1C=c2cccc3c2=C([N]S3)C1=O. The number of hydrogen-bond acceptors (Lipinski definition) is 3. The number of carbonyl (C=O) groups excluding carboxylic acids is 2. The smallest absolute Gasteiger partial charge is 0.252 e. The molecule has 0 spiro atoms. The molecule has 2 aliphatic rings. The van der Waals surface area contributed by atoms with Crippen molar-refractivity contribution in [3.05, 3.63) is 28.6 Å². The number of rotatable bonds is 0. The monoisotopic (exact) mass is 202 g/mol. The second kappa shape index (κ2) is 2.48. The number of nitrogens with zero attached hydrogens (tertiary/aromatic N) is 1. The lowest BCUT2D eigenvalue weighted by molar-refractivity contribution is -0.129. The van der Waals surface area contributed by atoms with Gasteiger partial charge >= 0.3 is 0 Å². The van der Waals surface area contributed by atoms with Crippen LogP contribution in [-0.4, -0.2) is 11.6 Å². The highest BCUT2D eigenvalue weighted by molar-refractivity contribution is 7.98. The first-order valence-electron chi connectivity index (χ1n) is 4.09. The maximum Gasteiger partial charge on any atom is 0.252 e. The predicted molar refractivity (Wildman–Crippen MR) is 51.6 cm³/mol. The molecule has 0 fully saturated rings.